The Kier molecular flexibility index (Phi) is 5.33. The second kappa shape index (κ2) is 7.89. The number of fused-ring (bicyclic) bond motifs is 1. The fourth-order valence-corrected chi connectivity index (χ4v) is 3.95. The predicted molar refractivity (Wildman–Crippen MR) is 106 cm³/mol. The molecule has 2 amide bonds. The lowest BCUT2D eigenvalue weighted by atomic mass is 9.95. The fourth-order valence-electron chi connectivity index (χ4n) is 3.42. The Balaban J connectivity index is 1.34. The van der Waals surface area contributed by atoms with E-state index in [4.69, 9.17) is 32.7 Å². The van der Waals surface area contributed by atoms with E-state index >= 15 is 0 Å². The first-order valence-corrected chi connectivity index (χ1v) is 9.71. The minimum Gasteiger partial charge on any atom is -0.454 e. The van der Waals surface area contributed by atoms with Crippen molar-refractivity contribution in [1.82, 2.24) is 4.90 Å². The number of hydrogen-bond donors (Lipinski definition) is 1. The number of piperidine rings is 1. The van der Waals surface area contributed by atoms with Gasteiger partial charge in [-0.1, -0.05) is 23.2 Å². The van der Waals surface area contributed by atoms with Crippen LogP contribution < -0.4 is 14.8 Å². The third-order valence-corrected chi connectivity index (χ3v) is 5.34. The van der Waals surface area contributed by atoms with Crippen molar-refractivity contribution >= 4 is 40.7 Å². The predicted octanol–water partition coefficient (Wildman–Crippen LogP) is 4.21. The van der Waals surface area contributed by atoms with E-state index in [1.165, 1.54) is 0 Å². The summed E-state index contributed by atoms with van der Waals surface area (Å²) in [5, 5.41) is 3.77. The molecule has 1 N–H and O–H groups in total. The van der Waals surface area contributed by atoms with Crippen LogP contribution in [0, 0.1) is 5.92 Å². The summed E-state index contributed by atoms with van der Waals surface area (Å²) in [5.41, 5.74) is 1.13. The summed E-state index contributed by atoms with van der Waals surface area (Å²) < 4.78 is 10.6. The molecule has 1 fully saturated rings. The van der Waals surface area contributed by atoms with Crippen LogP contribution in [0.2, 0.25) is 10.0 Å². The zero-order valence-electron chi connectivity index (χ0n) is 14.9. The van der Waals surface area contributed by atoms with Crippen LogP contribution in [0.3, 0.4) is 0 Å². The summed E-state index contributed by atoms with van der Waals surface area (Å²) in [6.07, 6.45) is 1.19. The molecule has 2 aromatic rings. The van der Waals surface area contributed by atoms with E-state index in [0.29, 0.717) is 58.7 Å². The Morgan fingerprint density at radius 2 is 1.64 bits per heavy atom. The van der Waals surface area contributed by atoms with Crippen molar-refractivity contribution in [2.24, 2.45) is 5.92 Å². The summed E-state index contributed by atoms with van der Waals surface area (Å²) in [7, 11) is 0. The molecule has 0 atom stereocenters. The number of halogens is 2. The molecule has 1 saturated heterocycles. The molecular weight excluding hydrogens is 403 g/mol. The molecule has 0 aromatic heterocycles. The van der Waals surface area contributed by atoms with Gasteiger partial charge in [0.1, 0.15) is 0 Å². The minimum atomic E-state index is -0.155. The van der Waals surface area contributed by atoms with Gasteiger partial charge in [-0.15, -0.1) is 0 Å². The maximum absolute atomic E-state index is 12.7. The second-order valence-corrected chi connectivity index (χ2v) is 7.65. The molecule has 0 aliphatic carbocycles. The van der Waals surface area contributed by atoms with Crippen molar-refractivity contribution in [1.29, 1.82) is 0 Å². The number of hydrogen-bond acceptors (Lipinski definition) is 4. The van der Waals surface area contributed by atoms with Gasteiger partial charge in [-0.2, -0.15) is 0 Å². The van der Waals surface area contributed by atoms with Crippen molar-refractivity contribution in [3.05, 3.63) is 52.0 Å². The third kappa shape index (κ3) is 4.03. The number of benzene rings is 2. The van der Waals surface area contributed by atoms with Gasteiger partial charge in [0, 0.05) is 46.4 Å². The van der Waals surface area contributed by atoms with E-state index in [1.54, 1.807) is 41.3 Å². The van der Waals surface area contributed by atoms with E-state index in [0.717, 1.165) is 0 Å². The molecule has 8 heteroatoms. The number of carbonyl (C=O) groups excluding carboxylic acids is 2. The molecule has 2 heterocycles. The largest absolute Gasteiger partial charge is 0.454 e. The smallest absolute Gasteiger partial charge is 0.253 e. The highest BCUT2D eigenvalue weighted by molar-refractivity contribution is 6.35. The van der Waals surface area contributed by atoms with Crippen molar-refractivity contribution in [2.45, 2.75) is 12.8 Å². The maximum Gasteiger partial charge on any atom is 0.253 e. The molecule has 0 unspecified atom stereocenters. The monoisotopic (exact) mass is 420 g/mol. The van der Waals surface area contributed by atoms with Crippen LogP contribution in [0.5, 0.6) is 11.5 Å². The van der Waals surface area contributed by atoms with Crippen LogP contribution in [0.4, 0.5) is 5.69 Å². The molecule has 0 bridgehead atoms. The Bertz CT molecular complexity index is 906. The highest BCUT2D eigenvalue weighted by atomic mass is 35.5. The van der Waals surface area contributed by atoms with Gasteiger partial charge in [-0.25, -0.2) is 0 Å². The number of nitrogens with one attached hydrogen (secondary N) is 1. The van der Waals surface area contributed by atoms with Gasteiger partial charge in [-0.3, -0.25) is 9.59 Å². The highest BCUT2D eigenvalue weighted by Gasteiger charge is 2.28. The van der Waals surface area contributed by atoms with Crippen molar-refractivity contribution in [3.63, 3.8) is 0 Å². The van der Waals surface area contributed by atoms with Crippen LogP contribution in [-0.2, 0) is 4.79 Å². The van der Waals surface area contributed by atoms with E-state index < -0.39 is 0 Å². The van der Waals surface area contributed by atoms with E-state index in [2.05, 4.69) is 5.32 Å². The number of amides is 2. The van der Waals surface area contributed by atoms with E-state index in [1.807, 2.05) is 0 Å². The normalized spacial score (nSPS) is 16.1. The van der Waals surface area contributed by atoms with Gasteiger partial charge in [0.2, 0.25) is 12.7 Å². The Morgan fingerprint density at radius 3 is 2.36 bits per heavy atom. The topological polar surface area (TPSA) is 67.9 Å². The number of anilines is 1. The Hall–Kier alpha value is -2.44. The summed E-state index contributed by atoms with van der Waals surface area (Å²) in [6, 6.07) is 10.1. The van der Waals surface area contributed by atoms with Crippen LogP contribution in [0.15, 0.2) is 36.4 Å². The first-order valence-electron chi connectivity index (χ1n) is 8.95. The van der Waals surface area contributed by atoms with Crippen LogP contribution in [0.1, 0.15) is 23.2 Å². The van der Waals surface area contributed by atoms with Crippen molar-refractivity contribution in [2.75, 3.05) is 25.2 Å². The summed E-state index contributed by atoms with van der Waals surface area (Å²) >= 11 is 12.0. The average Bonchev–Trinajstić information content (AvgIpc) is 3.14. The summed E-state index contributed by atoms with van der Waals surface area (Å²) in [4.78, 5) is 27.0. The van der Waals surface area contributed by atoms with Crippen molar-refractivity contribution < 1.29 is 19.1 Å². The summed E-state index contributed by atoms with van der Waals surface area (Å²) in [5.74, 6) is 0.956. The molecule has 4 rings (SSSR count). The van der Waals surface area contributed by atoms with Gasteiger partial charge in [0.15, 0.2) is 11.5 Å². The lowest BCUT2D eigenvalue weighted by Gasteiger charge is -2.31. The van der Waals surface area contributed by atoms with Gasteiger partial charge in [-0.05, 0) is 43.2 Å². The lowest BCUT2D eigenvalue weighted by molar-refractivity contribution is -0.121. The van der Waals surface area contributed by atoms with E-state index in [-0.39, 0.29) is 24.5 Å². The standard InChI is InChI=1S/C20H18Cl2N2O4/c21-14-7-13(8-15(22)9-14)20(26)24-5-3-12(4-6-24)19(25)23-16-1-2-17-18(10-16)28-11-27-17/h1-2,7-10,12H,3-6,11H2,(H,23,25). The fraction of sp³-hybridized carbons (Fsp3) is 0.300. The van der Waals surface area contributed by atoms with Gasteiger partial charge < -0.3 is 19.7 Å². The molecule has 2 aliphatic rings. The molecule has 0 spiro atoms. The number of carbonyl (C=O) groups is 2. The number of ether oxygens (including phenoxy) is 2. The third-order valence-electron chi connectivity index (χ3n) is 4.90. The zero-order valence-corrected chi connectivity index (χ0v) is 16.4. The van der Waals surface area contributed by atoms with Crippen LogP contribution in [-0.4, -0.2) is 36.6 Å². The quantitative estimate of drug-likeness (QED) is 0.806. The second-order valence-electron chi connectivity index (χ2n) is 6.78. The zero-order chi connectivity index (χ0) is 19.7. The molecule has 6 nitrogen and oxygen atoms in total. The molecule has 2 aliphatic heterocycles. The first-order chi connectivity index (χ1) is 13.5. The molecule has 0 saturated carbocycles. The van der Waals surface area contributed by atoms with Crippen molar-refractivity contribution in [3.8, 4) is 11.5 Å². The number of rotatable bonds is 3. The van der Waals surface area contributed by atoms with E-state index in [9.17, 15) is 9.59 Å². The maximum atomic E-state index is 12.7. The van der Waals surface area contributed by atoms with Gasteiger partial charge in [0.05, 0.1) is 0 Å². The van der Waals surface area contributed by atoms with Crippen LogP contribution in [0.25, 0.3) is 0 Å². The average molecular weight is 421 g/mol. The molecule has 2 aromatic carbocycles. The Morgan fingerprint density at radius 1 is 0.964 bits per heavy atom. The molecule has 0 radical (unpaired) electrons. The SMILES string of the molecule is O=C(Nc1ccc2c(c1)OCO2)C1CCN(C(=O)c2cc(Cl)cc(Cl)c2)CC1. The lowest BCUT2D eigenvalue weighted by Crippen LogP contribution is -2.41. The minimum absolute atomic E-state index is 0.0586. The number of nitrogens with zero attached hydrogens (tertiary/aromatic N) is 1. The molecule has 146 valence electrons. The molecular formula is C20H18Cl2N2O4. The van der Waals surface area contributed by atoms with Gasteiger partial charge in [0.25, 0.3) is 5.91 Å². The number of likely N-dealkylation sites (tertiary alicyclic amines) is 1. The van der Waals surface area contributed by atoms with Gasteiger partial charge >= 0.3 is 0 Å². The first kappa shape index (κ1) is 18.9. The highest BCUT2D eigenvalue weighted by Crippen LogP contribution is 2.34. The van der Waals surface area contributed by atoms with Crippen LogP contribution >= 0.6 is 23.2 Å². The molecule has 28 heavy (non-hydrogen) atoms. The summed E-state index contributed by atoms with van der Waals surface area (Å²) in [6.45, 7) is 1.20. The Labute approximate surface area is 172 Å².